The van der Waals surface area contributed by atoms with Gasteiger partial charge in [0.05, 0.1) is 12.2 Å². The molecule has 0 saturated heterocycles. The molecule has 1 aromatic rings. The normalized spacial score (nSPS) is 17.4. The van der Waals surface area contributed by atoms with Gasteiger partial charge in [0.2, 0.25) is 0 Å². The third kappa shape index (κ3) is 5.33. The molecule has 2 aliphatic heterocycles. The molecule has 5 N–H and O–H groups in total. The number of benzene rings is 1. The molecule has 0 aromatic heterocycles. The summed E-state index contributed by atoms with van der Waals surface area (Å²) in [5.41, 5.74) is 5.98. The Kier molecular flexibility index (Phi) is 6.81. The van der Waals surface area contributed by atoms with E-state index in [4.69, 9.17) is 5.73 Å². The summed E-state index contributed by atoms with van der Waals surface area (Å²) in [6.45, 7) is 6.29. The molecule has 2 heterocycles. The molecule has 1 atom stereocenters. The Hall–Kier alpha value is -3.12. The van der Waals surface area contributed by atoms with Crippen molar-refractivity contribution in [1.29, 1.82) is 0 Å². The van der Waals surface area contributed by atoms with Crippen LogP contribution in [0.3, 0.4) is 0 Å². The number of nitrogens with two attached hydrogens (primary N) is 1. The van der Waals surface area contributed by atoms with E-state index in [-0.39, 0.29) is 29.0 Å². The van der Waals surface area contributed by atoms with E-state index in [0.29, 0.717) is 5.70 Å². The van der Waals surface area contributed by atoms with E-state index in [9.17, 15) is 13.2 Å². The van der Waals surface area contributed by atoms with E-state index in [0.717, 1.165) is 28.9 Å². The lowest BCUT2D eigenvalue weighted by Crippen LogP contribution is -2.40. The number of nitrogens with one attached hydrogen (secondary N) is 3. The second kappa shape index (κ2) is 9.35. The van der Waals surface area contributed by atoms with Crippen LogP contribution in [0.2, 0.25) is 0 Å². The summed E-state index contributed by atoms with van der Waals surface area (Å²) in [5.74, 6) is 5.74. The number of hydrogen-bond acceptors (Lipinski definition) is 6. The van der Waals surface area contributed by atoms with E-state index >= 15 is 0 Å². The van der Waals surface area contributed by atoms with Crippen LogP contribution in [0.5, 0.6) is 0 Å². The van der Waals surface area contributed by atoms with Crippen LogP contribution in [-0.2, 0) is 6.42 Å². The first-order valence-electron chi connectivity index (χ1n) is 9.65. The van der Waals surface area contributed by atoms with Crippen LogP contribution in [0.15, 0.2) is 59.6 Å². The van der Waals surface area contributed by atoms with Crippen LogP contribution in [0.4, 0.5) is 18.9 Å². The summed E-state index contributed by atoms with van der Waals surface area (Å²) in [6.07, 6.45) is 5.07. The highest BCUT2D eigenvalue weighted by Crippen LogP contribution is 2.43. The molecule has 0 bridgehead atoms. The van der Waals surface area contributed by atoms with Gasteiger partial charge in [-0.15, -0.1) is 0 Å². The first-order valence-corrected chi connectivity index (χ1v) is 10.5. The number of halogens is 3. The van der Waals surface area contributed by atoms with Crippen molar-refractivity contribution in [3.05, 3.63) is 70.7 Å². The lowest BCUT2D eigenvalue weighted by molar-refractivity contribution is -0.0325. The number of hydrogen-bond donors (Lipinski definition) is 4. The second-order valence-corrected chi connectivity index (χ2v) is 7.85. The van der Waals surface area contributed by atoms with Gasteiger partial charge in [0.15, 0.2) is 0 Å². The monoisotopic (exact) mass is 447 g/mol. The number of rotatable bonds is 6. The van der Waals surface area contributed by atoms with Crippen LogP contribution in [0.1, 0.15) is 18.1 Å². The van der Waals surface area contributed by atoms with Crippen molar-refractivity contribution in [3.63, 3.8) is 0 Å². The molecule has 0 radical (unpaired) electrons. The van der Waals surface area contributed by atoms with Gasteiger partial charge in [-0.2, -0.15) is 13.2 Å². The third-order valence-corrected chi connectivity index (χ3v) is 5.63. The number of aryl methyl sites for hydroxylation is 1. The van der Waals surface area contributed by atoms with Gasteiger partial charge < -0.3 is 26.6 Å². The van der Waals surface area contributed by atoms with Crippen molar-refractivity contribution in [2.75, 3.05) is 18.9 Å². The number of fused-ring (bicyclic) bond motifs is 1. The molecule has 1 aromatic carbocycles. The summed E-state index contributed by atoms with van der Waals surface area (Å²) in [5, 5.41) is 9.24. The van der Waals surface area contributed by atoms with E-state index in [1.807, 2.05) is 32.2 Å². The first kappa shape index (κ1) is 22.6. The van der Waals surface area contributed by atoms with Crippen molar-refractivity contribution in [3.8, 4) is 11.8 Å². The summed E-state index contributed by atoms with van der Waals surface area (Å²) in [6, 6.07) is 5.95. The lowest BCUT2D eigenvalue weighted by Gasteiger charge is -2.27. The molecule has 0 fully saturated rings. The molecule has 0 aliphatic carbocycles. The molecule has 1 unspecified atom stereocenters. The molecule has 2 aliphatic rings. The Morgan fingerprint density at radius 2 is 2.16 bits per heavy atom. The van der Waals surface area contributed by atoms with Crippen molar-refractivity contribution >= 4 is 23.1 Å². The van der Waals surface area contributed by atoms with Crippen LogP contribution in [0, 0.1) is 11.8 Å². The van der Waals surface area contributed by atoms with Crippen molar-refractivity contribution in [2.24, 2.45) is 5.73 Å². The number of nitrogens with zero attached hydrogens (tertiary/aromatic N) is 1. The van der Waals surface area contributed by atoms with E-state index in [2.05, 4.69) is 34.4 Å². The minimum absolute atomic E-state index is 0.0125. The van der Waals surface area contributed by atoms with Crippen LogP contribution >= 0.6 is 11.8 Å². The highest BCUT2D eigenvalue weighted by atomic mass is 32.2. The van der Waals surface area contributed by atoms with E-state index in [1.165, 1.54) is 4.90 Å². The highest BCUT2D eigenvalue weighted by molar-refractivity contribution is 8.03. The lowest BCUT2D eigenvalue weighted by atomic mass is 10.0. The largest absolute Gasteiger partial charge is 0.447 e. The molecule has 0 spiro atoms. The zero-order valence-corrected chi connectivity index (χ0v) is 18.0. The van der Waals surface area contributed by atoms with Gasteiger partial charge in [-0.05, 0) is 47.8 Å². The fourth-order valence-corrected chi connectivity index (χ4v) is 3.92. The van der Waals surface area contributed by atoms with Crippen molar-refractivity contribution in [1.82, 2.24) is 15.5 Å². The van der Waals surface area contributed by atoms with Gasteiger partial charge in [0.25, 0.3) is 0 Å². The van der Waals surface area contributed by atoms with Crippen LogP contribution in [-0.4, -0.2) is 30.2 Å². The molecule has 0 amide bonds. The van der Waals surface area contributed by atoms with Gasteiger partial charge in [-0.25, -0.2) is 0 Å². The molecule has 0 saturated carbocycles. The third-order valence-electron chi connectivity index (χ3n) is 4.79. The molecular formula is C22H24F3N5S. The molecule has 5 nitrogen and oxygen atoms in total. The number of alkyl halides is 3. The summed E-state index contributed by atoms with van der Waals surface area (Å²) < 4.78 is 39.2. The summed E-state index contributed by atoms with van der Waals surface area (Å²) in [4.78, 5) is 1.45. The molecular weight excluding hydrogens is 423 g/mol. The zero-order chi connectivity index (χ0) is 22.6. The predicted octanol–water partition coefficient (Wildman–Crippen LogP) is 3.88. The Labute approximate surface area is 184 Å². The molecule has 9 heteroatoms. The number of allylic oxidation sites excluding steroid dienone is 3. The summed E-state index contributed by atoms with van der Waals surface area (Å²) in [7, 11) is 1.82. The minimum atomic E-state index is -4.43. The highest BCUT2D eigenvalue weighted by Gasteiger charge is 2.40. The predicted molar refractivity (Wildman–Crippen MR) is 121 cm³/mol. The maximum Gasteiger partial charge on any atom is 0.447 e. The van der Waals surface area contributed by atoms with E-state index < -0.39 is 11.7 Å². The van der Waals surface area contributed by atoms with Crippen molar-refractivity contribution in [2.45, 2.75) is 25.0 Å². The average Bonchev–Trinajstić information content (AvgIpc) is 3.07. The molecule has 31 heavy (non-hydrogen) atoms. The zero-order valence-electron chi connectivity index (χ0n) is 17.2. The Morgan fingerprint density at radius 3 is 2.84 bits per heavy atom. The number of anilines is 1. The Morgan fingerprint density at radius 1 is 1.39 bits per heavy atom. The SMILES string of the molecule is C=C(NC)c1ccc(NCC#CC2=C(SC(F)(F)F)N3C=CC=C(N)C3N2)c(CC)c1. The standard InChI is InChI=1S/C22H24F3N5S/c1-4-15-13-16(14(2)27-3)9-10-18(15)28-11-5-8-19-21(31-22(23,24)25)30-12-6-7-17(26)20(30)29-19/h6-7,9-10,12-13,20,27-29H,2,4,11,26H2,1,3H3. The number of thioether (sulfide) groups is 1. The van der Waals surface area contributed by atoms with Crippen LogP contribution < -0.4 is 21.7 Å². The molecule has 164 valence electrons. The van der Waals surface area contributed by atoms with Crippen LogP contribution in [0.25, 0.3) is 5.70 Å². The summed E-state index contributed by atoms with van der Waals surface area (Å²) >= 11 is -0.201. The van der Waals surface area contributed by atoms with E-state index in [1.54, 1.807) is 18.4 Å². The second-order valence-electron chi connectivity index (χ2n) is 6.80. The van der Waals surface area contributed by atoms with Crippen molar-refractivity contribution < 1.29 is 13.2 Å². The maximum absolute atomic E-state index is 13.1. The fraction of sp³-hybridized carbons (Fsp3) is 0.273. The van der Waals surface area contributed by atoms with Gasteiger partial charge in [0.1, 0.15) is 16.9 Å². The van der Waals surface area contributed by atoms with Gasteiger partial charge >= 0.3 is 5.51 Å². The van der Waals surface area contributed by atoms with Gasteiger partial charge in [0, 0.05) is 36.4 Å². The first-order chi connectivity index (χ1) is 14.7. The Bertz CT molecular complexity index is 1010. The van der Waals surface area contributed by atoms with Gasteiger partial charge in [-0.3, -0.25) is 0 Å². The smallest absolute Gasteiger partial charge is 0.399 e. The van der Waals surface area contributed by atoms with Gasteiger partial charge in [-0.1, -0.05) is 25.5 Å². The Balaban J connectivity index is 1.76. The minimum Gasteiger partial charge on any atom is -0.399 e. The quantitative estimate of drug-likeness (QED) is 0.497. The average molecular weight is 448 g/mol. The fourth-order valence-electron chi connectivity index (χ4n) is 3.22. The molecule has 3 rings (SSSR count). The maximum atomic E-state index is 13.1. The topological polar surface area (TPSA) is 65.3 Å².